The van der Waals surface area contributed by atoms with Crippen molar-refractivity contribution in [2.24, 2.45) is 0 Å². The maximum Gasteiger partial charge on any atom is 0.206 e. The molecule has 1 N–H and O–H groups in total. The van der Waals surface area contributed by atoms with Gasteiger partial charge in [-0.3, -0.25) is 9.20 Å². The molecule has 144 valence electrons. The van der Waals surface area contributed by atoms with E-state index < -0.39 is 0 Å². The van der Waals surface area contributed by atoms with E-state index in [1.165, 1.54) is 6.08 Å². The second-order valence-corrected chi connectivity index (χ2v) is 7.23. The van der Waals surface area contributed by atoms with Crippen LogP contribution in [0.3, 0.4) is 0 Å². The normalized spacial score (nSPS) is 11.1. The van der Waals surface area contributed by atoms with Gasteiger partial charge in [-0.25, -0.2) is 4.98 Å². The molecule has 0 spiro atoms. The van der Waals surface area contributed by atoms with Gasteiger partial charge in [-0.05, 0) is 60.7 Å². The first-order chi connectivity index (χ1) is 14.2. The molecule has 0 aliphatic rings. The summed E-state index contributed by atoms with van der Waals surface area (Å²) in [6.07, 6.45) is 5.01. The number of aromatic nitrogens is 2. The number of hydrogen-bond donors (Lipinski definition) is 1. The van der Waals surface area contributed by atoms with E-state index in [0.717, 1.165) is 27.1 Å². The van der Waals surface area contributed by atoms with E-state index in [1.807, 2.05) is 77.3 Å². The third kappa shape index (κ3) is 4.07. The molecule has 0 fully saturated rings. The number of nitrogens with zero attached hydrogens (tertiary/aromatic N) is 2. The molecule has 4 rings (SSSR count). The molecule has 0 unspecified atom stereocenters. The van der Waals surface area contributed by atoms with Crippen LogP contribution in [0.25, 0.3) is 16.9 Å². The number of ketones is 1. The number of halogens is 1. The minimum atomic E-state index is -0.140. The molecule has 4 aromatic rings. The number of carbonyl (C=O) groups excluding carboxylic acids is 1. The van der Waals surface area contributed by atoms with Crippen LogP contribution in [0.4, 0.5) is 5.69 Å². The molecule has 5 nitrogen and oxygen atoms in total. The smallest absolute Gasteiger partial charge is 0.206 e. The number of imidazole rings is 1. The minimum Gasteiger partial charge on any atom is -0.497 e. The van der Waals surface area contributed by atoms with E-state index in [9.17, 15) is 4.79 Å². The van der Waals surface area contributed by atoms with E-state index in [-0.39, 0.29) is 5.78 Å². The van der Waals surface area contributed by atoms with Gasteiger partial charge >= 0.3 is 0 Å². The molecule has 0 aliphatic carbocycles. The summed E-state index contributed by atoms with van der Waals surface area (Å²) in [6.45, 7) is 0. The Morgan fingerprint density at radius 2 is 1.83 bits per heavy atom. The number of rotatable bonds is 6. The second kappa shape index (κ2) is 8.32. The molecule has 0 radical (unpaired) electrons. The molecule has 0 saturated heterocycles. The van der Waals surface area contributed by atoms with Crippen LogP contribution in [0.2, 0.25) is 0 Å². The predicted molar refractivity (Wildman–Crippen MR) is 118 cm³/mol. The van der Waals surface area contributed by atoms with Crippen LogP contribution in [0.1, 0.15) is 10.5 Å². The first kappa shape index (κ1) is 19.0. The summed E-state index contributed by atoms with van der Waals surface area (Å²) < 4.78 is 8.04. The number of fused-ring (bicyclic) bond motifs is 1. The number of allylic oxidation sites excluding steroid dienone is 1. The summed E-state index contributed by atoms with van der Waals surface area (Å²) in [5.74, 6) is 0.614. The molecule has 0 saturated carbocycles. The third-order valence-electron chi connectivity index (χ3n) is 4.46. The summed E-state index contributed by atoms with van der Waals surface area (Å²) in [5.41, 5.74) is 3.62. The van der Waals surface area contributed by atoms with E-state index >= 15 is 0 Å². The van der Waals surface area contributed by atoms with Crippen molar-refractivity contribution >= 4 is 33.0 Å². The van der Waals surface area contributed by atoms with Crippen molar-refractivity contribution in [3.63, 3.8) is 0 Å². The zero-order chi connectivity index (χ0) is 20.2. The molecule has 0 bridgehead atoms. The summed E-state index contributed by atoms with van der Waals surface area (Å²) in [6, 6.07) is 20.9. The van der Waals surface area contributed by atoms with Crippen LogP contribution in [0, 0.1) is 0 Å². The quantitative estimate of drug-likeness (QED) is 0.309. The van der Waals surface area contributed by atoms with Gasteiger partial charge in [-0.2, -0.15) is 0 Å². The Morgan fingerprint density at radius 1 is 1.07 bits per heavy atom. The van der Waals surface area contributed by atoms with Gasteiger partial charge < -0.3 is 10.1 Å². The zero-order valence-corrected chi connectivity index (χ0v) is 17.3. The van der Waals surface area contributed by atoms with Gasteiger partial charge in [0.1, 0.15) is 22.8 Å². The molecule has 2 heterocycles. The molecule has 0 atom stereocenters. The van der Waals surface area contributed by atoms with Gasteiger partial charge in [-0.1, -0.05) is 22.0 Å². The highest BCUT2D eigenvalue weighted by Crippen LogP contribution is 2.27. The summed E-state index contributed by atoms with van der Waals surface area (Å²) >= 11 is 3.41. The molecular formula is C23H18BrN3O2. The lowest BCUT2D eigenvalue weighted by Crippen LogP contribution is -2.03. The number of nitrogens with one attached hydrogen (secondary N) is 1. The third-order valence-corrected chi connectivity index (χ3v) is 4.98. The van der Waals surface area contributed by atoms with Crippen LogP contribution in [0.15, 0.2) is 89.7 Å². The molecule has 2 aromatic heterocycles. The fourth-order valence-corrected chi connectivity index (χ4v) is 3.28. The molecule has 6 heteroatoms. The van der Waals surface area contributed by atoms with Crippen LogP contribution < -0.4 is 10.1 Å². The van der Waals surface area contributed by atoms with Gasteiger partial charge in [0.25, 0.3) is 0 Å². The number of carbonyl (C=O) groups is 1. The van der Waals surface area contributed by atoms with Crippen molar-refractivity contribution in [1.29, 1.82) is 0 Å². The van der Waals surface area contributed by atoms with Crippen LogP contribution in [-0.4, -0.2) is 22.3 Å². The van der Waals surface area contributed by atoms with Gasteiger partial charge in [-0.15, -0.1) is 0 Å². The van der Waals surface area contributed by atoms with Crippen LogP contribution in [0.5, 0.6) is 5.75 Å². The standard InChI is InChI=1S/C23H18BrN3O2/c1-29-19-11-5-16(6-12-19)22-23(27-15-3-2-4-21(27)26-22)20(28)13-14-25-18-9-7-17(24)8-10-18/h2-15,25H,1H3/b14-13-. The fourth-order valence-electron chi connectivity index (χ4n) is 3.02. The highest BCUT2D eigenvalue weighted by Gasteiger charge is 2.18. The maximum atomic E-state index is 13.1. The highest BCUT2D eigenvalue weighted by atomic mass is 79.9. The van der Waals surface area contributed by atoms with E-state index in [1.54, 1.807) is 13.3 Å². The van der Waals surface area contributed by atoms with Crippen molar-refractivity contribution < 1.29 is 9.53 Å². The SMILES string of the molecule is COc1ccc(-c2nc3ccccn3c2C(=O)/C=C\Nc2ccc(Br)cc2)cc1. The van der Waals surface area contributed by atoms with Crippen molar-refractivity contribution in [1.82, 2.24) is 9.38 Å². The Morgan fingerprint density at radius 3 is 2.55 bits per heavy atom. The van der Waals surface area contributed by atoms with Gasteiger partial charge in [0.15, 0.2) is 0 Å². The van der Waals surface area contributed by atoms with Crippen molar-refractivity contribution in [3.05, 3.63) is 95.4 Å². The number of anilines is 1. The maximum absolute atomic E-state index is 13.1. The average Bonchev–Trinajstić information content (AvgIpc) is 3.15. The van der Waals surface area contributed by atoms with Gasteiger partial charge in [0.2, 0.25) is 5.78 Å². The Labute approximate surface area is 176 Å². The highest BCUT2D eigenvalue weighted by molar-refractivity contribution is 9.10. The largest absolute Gasteiger partial charge is 0.497 e. The molecule has 0 amide bonds. The molecule has 29 heavy (non-hydrogen) atoms. The summed E-state index contributed by atoms with van der Waals surface area (Å²) in [7, 11) is 1.62. The predicted octanol–water partition coefficient (Wildman–Crippen LogP) is 5.58. The number of pyridine rings is 1. The Kier molecular flexibility index (Phi) is 5.44. The number of ether oxygens (including phenoxy) is 1. The first-order valence-electron chi connectivity index (χ1n) is 9.00. The topological polar surface area (TPSA) is 55.6 Å². The van der Waals surface area contributed by atoms with Crippen molar-refractivity contribution in [3.8, 4) is 17.0 Å². The number of hydrogen-bond acceptors (Lipinski definition) is 4. The van der Waals surface area contributed by atoms with Gasteiger partial charge in [0.05, 0.1) is 7.11 Å². The van der Waals surface area contributed by atoms with Crippen LogP contribution in [-0.2, 0) is 0 Å². The first-order valence-corrected chi connectivity index (χ1v) is 9.79. The lowest BCUT2D eigenvalue weighted by atomic mass is 10.1. The minimum absolute atomic E-state index is 0.140. The Balaban J connectivity index is 1.68. The average molecular weight is 448 g/mol. The Bertz CT molecular complexity index is 1180. The zero-order valence-electron chi connectivity index (χ0n) is 15.7. The fraction of sp³-hybridized carbons (Fsp3) is 0.0435. The van der Waals surface area contributed by atoms with Crippen LogP contribution >= 0.6 is 15.9 Å². The summed E-state index contributed by atoms with van der Waals surface area (Å²) in [5, 5.41) is 3.12. The van der Waals surface area contributed by atoms with E-state index in [2.05, 4.69) is 26.2 Å². The lowest BCUT2D eigenvalue weighted by Gasteiger charge is -2.04. The van der Waals surface area contributed by atoms with Crippen molar-refractivity contribution in [2.75, 3.05) is 12.4 Å². The van der Waals surface area contributed by atoms with Gasteiger partial charge in [0, 0.05) is 34.2 Å². The lowest BCUT2D eigenvalue weighted by molar-refractivity contribution is 0.104. The Hall–Kier alpha value is -3.38. The van der Waals surface area contributed by atoms with Crippen molar-refractivity contribution in [2.45, 2.75) is 0 Å². The molecule has 2 aromatic carbocycles. The monoisotopic (exact) mass is 447 g/mol. The van der Waals surface area contributed by atoms with E-state index in [0.29, 0.717) is 11.4 Å². The molecule has 0 aliphatic heterocycles. The summed E-state index contributed by atoms with van der Waals surface area (Å²) in [4.78, 5) is 17.7. The van der Waals surface area contributed by atoms with E-state index in [4.69, 9.17) is 4.74 Å². The number of benzene rings is 2. The second-order valence-electron chi connectivity index (χ2n) is 6.32. The number of methoxy groups -OCH3 is 1. The molecular weight excluding hydrogens is 430 g/mol.